The van der Waals surface area contributed by atoms with Crippen molar-refractivity contribution < 1.29 is 19.7 Å². The summed E-state index contributed by atoms with van der Waals surface area (Å²) in [5.74, 6) is -0.640. The third kappa shape index (κ3) is 3.73. The molecule has 0 atom stereocenters. The number of carbonyl (C=O) groups is 1. The van der Waals surface area contributed by atoms with Crippen molar-refractivity contribution in [3.63, 3.8) is 0 Å². The number of rotatable bonds is 6. The summed E-state index contributed by atoms with van der Waals surface area (Å²) in [6.07, 6.45) is 0.769. The molecule has 0 radical (unpaired) electrons. The Morgan fingerprint density at radius 3 is 2.37 bits per heavy atom. The summed E-state index contributed by atoms with van der Waals surface area (Å²) in [4.78, 5) is 30.5. The third-order valence-corrected chi connectivity index (χ3v) is 2.54. The van der Waals surface area contributed by atoms with Gasteiger partial charge in [0.2, 0.25) is 0 Å². The van der Waals surface area contributed by atoms with E-state index >= 15 is 0 Å². The Hall–Kier alpha value is -2.51. The first kappa shape index (κ1) is 14.6. The molecule has 0 bridgehead atoms. The minimum atomic E-state index is -0.878. The number of benzene rings is 1. The molecule has 0 aliphatic carbocycles. The zero-order valence-corrected chi connectivity index (χ0v) is 10.2. The average Bonchev–Trinajstić information content (AvgIpc) is 2.30. The number of aryl methyl sites for hydroxylation is 1. The van der Waals surface area contributed by atoms with E-state index in [1.54, 1.807) is 0 Å². The zero-order chi connectivity index (χ0) is 14.6. The van der Waals surface area contributed by atoms with Gasteiger partial charge in [-0.15, -0.1) is 0 Å². The topological polar surface area (TPSA) is 124 Å². The first-order valence-electron chi connectivity index (χ1n) is 5.47. The maximum atomic E-state index is 10.8. The first-order valence-corrected chi connectivity index (χ1v) is 5.47. The van der Waals surface area contributed by atoms with Crippen LogP contribution < -0.4 is 0 Å². The molecule has 1 rings (SSSR count). The lowest BCUT2D eigenvalue weighted by Crippen LogP contribution is -1.98. The smallest absolute Gasteiger partial charge is 0.317 e. The number of non-ortho nitro benzene ring substituents is 1. The standard InChI is InChI=1S/C11H12N2O6/c1-7(14)3-2-4-8-5-9(12(16)17)6-10(11(8)15)13(18)19/h5-6,15H,2-4H2,1H3. The lowest BCUT2D eigenvalue weighted by atomic mass is 10.0. The van der Waals surface area contributed by atoms with Gasteiger partial charge in [0.1, 0.15) is 5.78 Å². The van der Waals surface area contributed by atoms with E-state index in [2.05, 4.69) is 0 Å². The molecule has 102 valence electrons. The van der Waals surface area contributed by atoms with Crippen molar-refractivity contribution in [3.05, 3.63) is 37.9 Å². The maximum Gasteiger partial charge on any atom is 0.317 e. The Morgan fingerprint density at radius 1 is 1.26 bits per heavy atom. The van der Waals surface area contributed by atoms with Crippen molar-refractivity contribution in [1.82, 2.24) is 0 Å². The molecule has 1 N–H and O–H groups in total. The highest BCUT2D eigenvalue weighted by atomic mass is 16.6. The number of phenolic OH excluding ortho intramolecular Hbond substituents is 1. The molecule has 8 heteroatoms. The molecular formula is C11H12N2O6. The van der Waals surface area contributed by atoms with Crippen LogP contribution in [0, 0.1) is 20.2 Å². The lowest BCUT2D eigenvalue weighted by Gasteiger charge is -2.04. The molecule has 0 spiro atoms. The van der Waals surface area contributed by atoms with Crippen molar-refractivity contribution >= 4 is 17.2 Å². The Labute approximate surface area is 108 Å². The number of aromatic hydroxyl groups is 1. The second kappa shape index (κ2) is 5.89. The molecule has 0 heterocycles. The fourth-order valence-electron chi connectivity index (χ4n) is 1.62. The average molecular weight is 268 g/mol. The van der Waals surface area contributed by atoms with Crippen LogP contribution in [-0.2, 0) is 11.2 Å². The van der Waals surface area contributed by atoms with E-state index in [9.17, 15) is 30.1 Å². The number of nitrogens with zero attached hydrogens (tertiary/aromatic N) is 2. The van der Waals surface area contributed by atoms with Gasteiger partial charge < -0.3 is 9.90 Å². The van der Waals surface area contributed by atoms with Crippen LogP contribution in [0.25, 0.3) is 0 Å². The van der Waals surface area contributed by atoms with Crippen molar-refractivity contribution in [2.24, 2.45) is 0 Å². The fraction of sp³-hybridized carbons (Fsp3) is 0.364. The minimum Gasteiger partial charge on any atom is -0.502 e. The van der Waals surface area contributed by atoms with Crippen molar-refractivity contribution in [3.8, 4) is 5.75 Å². The molecule has 0 amide bonds. The number of ketones is 1. The van der Waals surface area contributed by atoms with Crippen molar-refractivity contribution in [1.29, 1.82) is 0 Å². The summed E-state index contributed by atoms with van der Waals surface area (Å²) in [7, 11) is 0. The van der Waals surface area contributed by atoms with Gasteiger partial charge in [0.05, 0.1) is 15.9 Å². The normalized spacial score (nSPS) is 10.2. The van der Waals surface area contributed by atoms with Gasteiger partial charge in [-0.2, -0.15) is 0 Å². The summed E-state index contributed by atoms with van der Waals surface area (Å²) < 4.78 is 0. The largest absolute Gasteiger partial charge is 0.502 e. The molecule has 19 heavy (non-hydrogen) atoms. The van der Waals surface area contributed by atoms with Gasteiger partial charge in [0, 0.05) is 18.1 Å². The van der Waals surface area contributed by atoms with E-state index in [-0.39, 0.29) is 24.2 Å². The van der Waals surface area contributed by atoms with Crippen LogP contribution in [0.4, 0.5) is 11.4 Å². The van der Waals surface area contributed by atoms with E-state index in [1.165, 1.54) is 6.92 Å². The molecule has 0 saturated carbocycles. The molecule has 0 aromatic heterocycles. The zero-order valence-electron chi connectivity index (χ0n) is 10.2. The second-order valence-electron chi connectivity index (χ2n) is 4.04. The highest BCUT2D eigenvalue weighted by Crippen LogP contribution is 2.35. The van der Waals surface area contributed by atoms with Crippen LogP contribution in [-0.4, -0.2) is 20.7 Å². The number of carbonyl (C=O) groups excluding carboxylic acids is 1. The molecule has 1 aromatic carbocycles. The van der Waals surface area contributed by atoms with Gasteiger partial charge in [0.25, 0.3) is 5.69 Å². The Kier molecular flexibility index (Phi) is 4.51. The lowest BCUT2D eigenvalue weighted by molar-refractivity contribution is -0.394. The number of nitro benzene ring substituents is 2. The molecule has 0 aliphatic rings. The van der Waals surface area contributed by atoms with Crippen LogP contribution in [0.2, 0.25) is 0 Å². The highest BCUT2D eigenvalue weighted by molar-refractivity contribution is 5.75. The molecule has 0 unspecified atom stereocenters. The van der Waals surface area contributed by atoms with Gasteiger partial charge in [-0.05, 0) is 19.8 Å². The predicted octanol–water partition coefficient (Wildman–Crippen LogP) is 2.12. The Balaban J connectivity index is 3.11. The van der Waals surface area contributed by atoms with E-state index < -0.39 is 27.0 Å². The number of hydrogen-bond donors (Lipinski definition) is 1. The van der Waals surface area contributed by atoms with Crippen LogP contribution in [0.1, 0.15) is 25.3 Å². The molecule has 0 fully saturated rings. The van der Waals surface area contributed by atoms with Crippen LogP contribution in [0.5, 0.6) is 5.75 Å². The summed E-state index contributed by atoms with van der Waals surface area (Å²) in [5, 5.41) is 31.0. The Bertz CT molecular complexity index is 540. The van der Waals surface area contributed by atoms with Gasteiger partial charge in [-0.3, -0.25) is 20.2 Å². The molecule has 0 saturated heterocycles. The minimum absolute atomic E-state index is 0.0561. The van der Waals surface area contributed by atoms with E-state index in [4.69, 9.17) is 0 Å². The second-order valence-corrected chi connectivity index (χ2v) is 4.04. The summed E-state index contributed by atoms with van der Waals surface area (Å²) in [5.41, 5.74) is -1.06. The molecular weight excluding hydrogens is 256 g/mol. The number of Topliss-reactive ketones (excluding diaryl/α,β-unsaturated/α-hetero) is 1. The molecule has 0 aliphatic heterocycles. The van der Waals surface area contributed by atoms with E-state index in [0.717, 1.165) is 6.07 Å². The van der Waals surface area contributed by atoms with Gasteiger partial charge in [-0.1, -0.05) is 0 Å². The van der Waals surface area contributed by atoms with Gasteiger partial charge in [0.15, 0.2) is 5.75 Å². The quantitative estimate of drug-likeness (QED) is 0.622. The number of phenols is 1. The number of hydrogen-bond acceptors (Lipinski definition) is 6. The van der Waals surface area contributed by atoms with Crippen LogP contribution in [0.3, 0.4) is 0 Å². The van der Waals surface area contributed by atoms with Gasteiger partial charge >= 0.3 is 5.69 Å². The predicted molar refractivity (Wildman–Crippen MR) is 65.0 cm³/mol. The van der Waals surface area contributed by atoms with E-state index in [0.29, 0.717) is 12.5 Å². The summed E-state index contributed by atoms with van der Waals surface area (Å²) >= 11 is 0. The SMILES string of the molecule is CC(=O)CCCc1cc([N+](=O)[O-])cc([N+](=O)[O-])c1O. The Morgan fingerprint density at radius 2 is 1.89 bits per heavy atom. The van der Waals surface area contributed by atoms with Gasteiger partial charge in [-0.25, -0.2) is 0 Å². The highest BCUT2D eigenvalue weighted by Gasteiger charge is 2.23. The van der Waals surface area contributed by atoms with Crippen molar-refractivity contribution in [2.45, 2.75) is 26.2 Å². The third-order valence-electron chi connectivity index (χ3n) is 2.54. The maximum absolute atomic E-state index is 10.8. The summed E-state index contributed by atoms with van der Waals surface area (Å²) in [6, 6.07) is 1.80. The van der Waals surface area contributed by atoms with Crippen LogP contribution >= 0.6 is 0 Å². The molecule has 8 nitrogen and oxygen atoms in total. The number of nitro groups is 2. The fourth-order valence-corrected chi connectivity index (χ4v) is 1.62. The van der Waals surface area contributed by atoms with Crippen molar-refractivity contribution in [2.75, 3.05) is 0 Å². The first-order chi connectivity index (χ1) is 8.82. The molecule has 1 aromatic rings. The van der Waals surface area contributed by atoms with Crippen LogP contribution in [0.15, 0.2) is 12.1 Å². The van der Waals surface area contributed by atoms with E-state index in [1.807, 2.05) is 0 Å². The monoisotopic (exact) mass is 268 g/mol. The summed E-state index contributed by atoms with van der Waals surface area (Å²) in [6.45, 7) is 1.40.